The number of nitrogens with one attached hydrogen (secondary N) is 2. The van der Waals surface area contributed by atoms with Gasteiger partial charge in [-0.1, -0.05) is 0 Å². The summed E-state index contributed by atoms with van der Waals surface area (Å²) in [5.74, 6) is -1.57. The van der Waals surface area contributed by atoms with Gasteiger partial charge in [-0.15, -0.1) is 0 Å². The molecule has 0 bridgehead atoms. The molecule has 0 aromatic carbocycles. The van der Waals surface area contributed by atoms with Gasteiger partial charge in [0.25, 0.3) is 0 Å². The molecule has 0 aliphatic carbocycles. The topological polar surface area (TPSA) is 91.6 Å². The summed E-state index contributed by atoms with van der Waals surface area (Å²) in [5.41, 5.74) is 0.846. The third kappa shape index (κ3) is 4.18. The Morgan fingerprint density at radius 3 is 2.71 bits per heavy atom. The van der Waals surface area contributed by atoms with E-state index in [1.54, 1.807) is 19.9 Å². The Balaban J connectivity index is 2.32. The number of carbonyl (C=O) groups excluding carboxylic acids is 1. The first-order valence-electron chi connectivity index (χ1n) is 5.29. The zero-order valence-corrected chi connectivity index (χ0v) is 9.77. The second-order valence-electron chi connectivity index (χ2n) is 3.87. The third-order valence-corrected chi connectivity index (χ3v) is 2.53. The van der Waals surface area contributed by atoms with E-state index in [1.165, 1.54) is 12.5 Å². The van der Waals surface area contributed by atoms with E-state index < -0.39 is 24.0 Å². The summed E-state index contributed by atoms with van der Waals surface area (Å²) in [6, 6.07) is 0.910. The summed E-state index contributed by atoms with van der Waals surface area (Å²) in [4.78, 5) is 22.1. The fraction of sp³-hybridized carbons (Fsp3) is 0.455. The molecule has 6 nitrogen and oxygen atoms in total. The molecule has 1 heterocycles. The minimum Gasteiger partial charge on any atom is -0.481 e. The van der Waals surface area contributed by atoms with Gasteiger partial charge in [0.2, 0.25) is 0 Å². The molecular formula is C11H16N2O4. The van der Waals surface area contributed by atoms with Crippen molar-refractivity contribution in [2.45, 2.75) is 26.4 Å². The van der Waals surface area contributed by atoms with Gasteiger partial charge in [-0.25, -0.2) is 4.79 Å². The van der Waals surface area contributed by atoms with Crippen molar-refractivity contribution in [1.82, 2.24) is 10.6 Å². The Morgan fingerprint density at radius 2 is 2.18 bits per heavy atom. The van der Waals surface area contributed by atoms with Crippen molar-refractivity contribution in [3.63, 3.8) is 0 Å². The van der Waals surface area contributed by atoms with E-state index >= 15 is 0 Å². The predicted molar refractivity (Wildman–Crippen MR) is 60.3 cm³/mol. The van der Waals surface area contributed by atoms with Crippen LogP contribution in [0.4, 0.5) is 4.79 Å². The number of aliphatic carboxylic acids is 1. The van der Waals surface area contributed by atoms with E-state index in [0.717, 1.165) is 5.56 Å². The van der Waals surface area contributed by atoms with Crippen LogP contribution in [0.2, 0.25) is 0 Å². The number of hydrogen-bond acceptors (Lipinski definition) is 3. The smallest absolute Gasteiger partial charge is 0.315 e. The minimum atomic E-state index is -0.937. The molecule has 0 saturated heterocycles. The number of furan rings is 1. The van der Waals surface area contributed by atoms with E-state index in [2.05, 4.69) is 10.6 Å². The molecule has 0 spiro atoms. The Kier molecular flexibility index (Phi) is 4.56. The highest BCUT2D eigenvalue weighted by molar-refractivity contribution is 5.76. The summed E-state index contributed by atoms with van der Waals surface area (Å²) in [6.45, 7) is 3.54. The predicted octanol–water partition coefficient (Wildman–Crippen LogP) is 1.19. The summed E-state index contributed by atoms with van der Waals surface area (Å²) >= 11 is 0. The second-order valence-corrected chi connectivity index (χ2v) is 3.87. The van der Waals surface area contributed by atoms with Crippen LogP contribution in [0.25, 0.3) is 0 Å². The van der Waals surface area contributed by atoms with Gasteiger partial charge in [0.05, 0.1) is 18.4 Å². The lowest BCUT2D eigenvalue weighted by Gasteiger charge is -2.17. The number of amides is 2. The zero-order valence-electron chi connectivity index (χ0n) is 9.77. The highest BCUT2D eigenvalue weighted by atomic mass is 16.4. The van der Waals surface area contributed by atoms with E-state index in [9.17, 15) is 9.59 Å². The molecule has 0 saturated carbocycles. The summed E-state index contributed by atoms with van der Waals surface area (Å²) in [6.07, 6.45) is 3.05. The Bertz CT molecular complexity index is 375. The fourth-order valence-corrected chi connectivity index (χ4v) is 1.17. The molecule has 94 valence electrons. The number of hydrogen-bond donors (Lipinski definition) is 3. The van der Waals surface area contributed by atoms with Gasteiger partial charge in [-0.3, -0.25) is 4.79 Å². The Labute approximate surface area is 99.0 Å². The van der Waals surface area contributed by atoms with Gasteiger partial charge >= 0.3 is 12.0 Å². The zero-order chi connectivity index (χ0) is 12.8. The molecule has 0 aliphatic heterocycles. The average molecular weight is 240 g/mol. The lowest BCUT2D eigenvalue weighted by Crippen LogP contribution is -2.44. The molecule has 6 heteroatoms. The van der Waals surface area contributed by atoms with Gasteiger partial charge < -0.3 is 20.2 Å². The highest BCUT2D eigenvalue weighted by Crippen LogP contribution is 2.02. The van der Waals surface area contributed by atoms with Gasteiger partial charge in [0.1, 0.15) is 0 Å². The molecule has 2 unspecified atom stereocenters. The van der Waals surface area contributed by atoms with Crippen LogP contribution in [-0.2, 0) is 11.3 Å². The van der Waals surface area contributed by atoms with Crippen LogP contribution in [0.3, 0.4) is 0 Å². The maximum Gasteiger partial charge on any atom is 0.315 e. The van der Waals surface area contributed by atoms with E-state index in [1.807, 2.05) is 0 Å². The monoisotopic (exact) mass is 240 g/mol. The Morgan fingerprint density at radius 1 is 1.47 bits per heavy atom. The molecule has 1 rings (SSSR count). The summed E-state index contributed by atoms with van der Waals surface area (Å²) in [5, 5.41) is 13.9. The number of carboxylic acids is 1. The van der Waals surface area contributed by atoms with Gasteiger partial charge in [-0.05, 0) is 19.9 Å². The number of urea groups is 1. The molecule has 2 amide bonds. The first-order valence-corrected chi connectivity index (χ1v) is 5.29. The maximum absolute atomic E-state index is 11.4. The maximum atomic E-state index is 11.4. The van der Waals surface area contributed by atoms with Crippen molar-refractivity contribution in [3.05, 3.63) is 24.2 Å². The van der Waals surface area contributed by atoms with Crippen LogP contribution < -0.4 is 10.6 Å². The first kappa shape index (κ1) is 13.1. The largest absolute Gasteiger partial charge is 0.481 e. The molecule has 2 atom stereocenters. The van der Waals surface area contributed by atoms with E-state index in [0.29, 0.717) is 6.54 Å². The first-order chi connectivity index (χ1) is 8.00. The standard InChI is InChI=1S/C11H16N2O4/c1-7(10(14)15)8(2)13-11(16)12-5-9-3-4-17-6-9/h3-4,6-8H,5H2,1-2H3,(H,14,15)(H2,12,13,16). The second kappa shape index (κ2) is 5.93. The molecule has 3 N–H and O–H groups in total. The number of carboxylic acid groups (broad SMARTS) is 1. The van der Waals surface area contributed by atoms with Crippen LogP contribution in [0.15, 0.2) is 23.0 Å². The van der Waals surface area contributed by atoms with Crippen LogP contribution >= 0.6 is 0 Å². The van der Waals surface area contributed by atoms with Crippen molar-refractivity contribution in [2.75, 3.05) is 0 Å². The van der Waals surface area contributed by atoms with E-state index in [4.69, 9.17) is 9.52 Å². The molecule has 0 fully saturated rings. The highest BCUT2D eigenvalue weighted by Gasteiger charge is 2.20. The SMILES string of the molecule is CC(NC(=O)NCc1ccoc1)C(C)C(=O)O. The molecule has 17 heavy (non-hydrogen) atoms. The van der Waals surface area contributed by atoms with Gasteiger partial charge in [0, 0.05) is 18.2 Å². The molecule has 1 aromatic rings. The van der Waals surface area contributed by atoms with Crippen molar-refractivity contribution < 1.29 is 19.1 Å². The van der Waals surface area contributed by atoms with Gasteiger partial charge in [0.15, 0.2) is 0 Å². The lowest BCUT2D eigenvalue weighted by molar-refractivity contribution is -0.141. The Hall–Kier alpha value is -1.98. The summed E-state index contributed by atoms with van der Waals surface area (Å²) < 4.78 is 4.85. The van der Waals surface area contributed by atoms with Crippen LogP contribution in [0.1, 0.15) is 19.4 Å². The van der Waals surface area contributed by atoms with Crippen LogP contribution in [0, 0.1) is 5.92 Å². The van der Waals surface area contributed by atoms with Crippen LogP contribution in [0.5, 0.6) is 0 Å². The quantitative estimate of drug-likeness (QED) is 0.720. The van der Waals surface area contributed by atoms with Crippen molar-refractivity contribution in [1.29, 1.82) is 0 Å². The van der Waals surface area contributed by atoms with Crippen molar-refractivity contribution in [3.8, 4) is 0 Å². The van der Waals surface area contributed by atoms with Crippen LogP contribution in [-0.4, -0.2) is 23.1 Å². The third-order valence-electron chi connectivity index (χ3n) is 2.53. The molecule has 0 aliphatic rings. The van der Waals surface area contributed by atoms with Gasteiger partial charge in [-0.2, -0.15) is 0 Å². The van der Waals surface area contributed by atoms with Crippen molar-refractivity contribution in [2.24, 2.45) is 5.92 Å². The summed E-state index contributed by atoms with van der Waals surface area (Å²) in [7, 11) is 0. The fourth-order valence-electron chi connectivity index (χ4n) is 1.17. The normalized spacial score (nSPS) is 13.8. The van der Waals surface area contributed by atoms with E-state index in [-0.39, 0.29) is 0 Å². The average Bonchev–Trinajstić information content (AvgIpc) is 2.77. The molecular weight excluding hydrogens is 224 g/mol. The van der Waals surface area contributed by atoms with Crippen molar-refractivity contribution >= 4 is 12.0 Å². The number of rotatable bonds is 5. The minimum absolute atomic E-state index is 0.344. The lowest BCUT2D eigenvalue weighted by atomic mass is 10.0. The molecule has 0 radical (unpaired) electrons. The number of carbonyl (C=O) groups is 2. The molecule has 1 aromatic heterocycles.